The van der Waals surface area contributed by atoms with Crippen LogP contribution in [0.5, 0.6) is 0 Å². The van der Waals surface area contributed by atoms with E-state index in [9.17, 15) is 5.11 Å². The van der Waals surface area contributed by atoms with E-state index in [-0.39, 0.29) is 11.5 Å². The molecule has 25 heavy (non-hydrogen) atoms. The van der Waals surface area contributed by atoms with Crippen LogP contribution in [0.25, 0.3) is 0 Å². The molecule has 1 unspecified atom stereocenters. The van der Waals surface area contributed by atoms with Crippen LogP contribution in [0.2, 0.25) is 0 Å². The number of benzene rings is 1. The maximum absolute atomic E-state index is 10.1. The monoisotopic (exact) mass is 344 g/mol. The highest BCUT2D eigenvalue weighted by Gasteiger charge is 2.46. The lowest BCUT2D eigenvalue weighted by molar-refractivity contribution is 0.0825. The van der Waals surface area contributed by atoms with E-state index in [0.29, 0.717) is 11.3 Å². The lowest BCUT2D eigenvalue weighted by Crippen LogP contribution is -2.47. The predicted octanol–water partition coefficient (Wildman–Crippen LogP) is 3.68. The van der Waals surface area contributed by atoms with Crippen LogP contribution in [-0.2, 0) is 6.54 Å². The van der Waals surface area contributed by atoms with Crippen molar-refractivity contribution in [3.05, 3.63) is 35.9 Å². The Hall–Kier alpha value is -0.900. The van der Waals surface area contributed by atoms with Crippen LogP contribution in [0.3, 0.4) is 0 Å². The second-order valence-corrected chi connectivity index (χ2v) is 9.37. The first-order valence-electron chi connectivity index (χ1n) is 10.0. The van der Waals surface area contributed by atoms with Gasteiger partial charge in [0.25, 0.3) is 0 Å². The van der Waals surface area contributed by atoms with Gasteiger partial charge in [-0.1, -0.05) is 57.5 Å². The average molecular weight is 345 g/mol. The number of aliphatic hydroxyl groups is 1. The number of nitrogens with zero attached hydrogens (tertiary/aromatic N) is 1. The molecule has 2 N–H and O–H groups in total. The summed E-state index contributed by atoms with van der Waals surface area (Å²) in [5.74, 6) is 0.457. The highest BCUT2D eigenvalue weighted by Crippen LogP contribution is 2.46. The van der Waals surface area contributed by atoms with Crippen molar-refractivity contribution in [2.45, 2.75) is 59.1 Å². The van der Waals surface area contributed by atoms with Gasteiger partial charge in [0.05, 0.1) is 6.10 Å². The molecular formula is C22H36N2O. The van der Waals surface area contributed by atoms with Crippen LogP contribution < -0.4 is 5.32 Å². The van der Waals surface area contributed by atoms with Gasteiger partial charge in [0.15, 0.2) is 0 Å². The van der Waals surface area contributed by atoms with Crippen LogP contribution in [0.1, 0.15) is 52.0 Å². The van der Waals surface area contributed by atoms with Crippen LogP contribution in [0.4, 0.5) is 0 Å². The Morgan fingerprint density at radius 1 is 1.20 bits per heavy atom. The third-order valence-corrected chi connectivity index (χ3v) is 6.76. The minimum absolute atomic E-state index is 0.0868. The summed E-state index contributed by atoms with van der Waals surface area (Å²) in [5, 5.41) is 13.8. The maximum atomic E-state index is 10.1. The fourth-order valence-electron chi connectivity index (χ4n) is 4.71. The number of aliphatic hydroxyl groups excluding tert-OH is 1. The Kier molecular flexibility index (Phi) is 5.87. The third-order valence-electron chi connectivity index (χ3n) is 6.76. The molecule has 2 aliphatic rings. The molecule has 1 heterocycles. The Morgan fingerprint density at radius 2 is 1.96 bits per heavy atom. The molecule has 1 saturated heterocycles. The molecule has 1 saturated carbocycles. The summed E-state index contributed by atoms with van der Waals surface area (Å²) >= 11 is 0. The largest absolute Gasteiger partial charge is 0.393 e. The van der Waals surface area contributed by atoms with Crippen molar-refractivity contribution in [2.75, 3.05) is 26.2 Å². The average Bonchev–Trinajstić information content (AvgIpc) is 3.16. The number of rotatable bonds is 6. The van der Waals surface area contributed by atoms with Gasteiger partial charge in [-0.25, -0.2) is 0 Å². The number of hydrogen-bond acceptors (Lipinski definition) is 3. The van der Waals surface area contributed by atoms with Crippen molar-refractivity contribution in [1.29, 1.82) is 0 Å². The molecule has 0 spiro atoms. The van der Waals surface area contributed by atoms with Crippen LogP contribution >= 0.6 is 0 Å². The van der Waals surface area contributed by atoms with Crippen LogP contribution in [0.15, 0.2) is 30.3 Å². The van der Waals surface area contributed by atoms with E-state index in [0.717, 1.165) is 32.6 Å². The summed E-state index contributed by atoms with van der Waals surface area (Å²) in [7, 11) is 0. The predicted molar refractivity (Wildman–Crippen MR) is 104 cm³/mol. The zero-order valence-electron chi connectivity index (χ0n) is 16.3. The van der Waals surface area contributed by atoms with Gasteiger partial charge in [-0.3, -0.25) is 4.90 Å². The van der Waals surface area contributed by atoms with E-state index in [1.807, 2.05) is 0 Å². The van der Waals surface area contributed by atoms with Gasteiger partial charge in [0.1, 0.15) is 0 Å². The molecule has 1 aliphatic heterocycles. The SMILES string of the molecule is CC(C)(C)C1(CNC[C@@H]2CCC[C@H]2O)CCN(Cc2ccccc2)C1. The minimum Gasteiger partial charge on any atom is -0.393 e. The second-order valence-electron chi connectivity index (χ2n) is 9.37. The Morgan fingerprint density at radius 3 is 2.60 bits per heavy atom. The highest BCUT2D eigenvalue weighted by molar-refractivity contribution is 5.15. The highest BCUT2D eigenvalue weighted by atomic mass is 16.3. The molecule has 140 valence electrons. The third kappa shape index (κ3) is 4.45. The van der Waals surface area contributed by atoms with E-state index in [1.165, 1.54) is 31.4 Å². The van der Waals surface area contributed by atoms with Crippen molar-refractivity contribution in [3.63, 3.8) is 0 Å². The minimum atomic E-state index is -0.0868. The van der Waals surface area contributed by atoms with Crippen LogP contribution in [0, 0.1) is 16.7 Å². The molecule has 2 fully saturated rings. The van der Waals surface area contributed by atoms with Crippen molar-refractivity contribution < 1.29 is 5.11 Å². The second kappa shape index (κ2) is 7.77. The molecule has 3 rings (SSSR count). The van der Waals surface area contributed by atoms with E-state index in [4.69, 9.17) is 0 Å². The summed E-state index contributed by atoms with van der Waals surface area (Å²) in [6.07, 6.45) is 4.52. The molecule has 0 radical (unpaired) electrons. The summed E-state index contributed by atoms with van der Waals surface area (Å²) in [6.45, 7) is 12.6. The summed E-state index contributed by atoms with van der Waals surface area (Å²) < 4.78 is 0. The van der Waals surface area contributed by atoms with E-state index >= 15 is 0 Å². The van der Waals surface area contributed by atoms with Gasteiger partial charge in [0, 0.05) is 31.6 Å². The molecule has 1 aromatic rings. The molecule has 3 atom stereocenters. The van der Waals surface area contributed by atoms with E-state index < -0.39 is 0 Å². The Labute approximate surface area is 153 Å². The lowest BCUT2D eigenvalue weighted by Gasteiger charge is -2.42. The fourth-order valence-corrected chi connectivity index (χ4v) is 4.71. The zero-order chi connectivity index (χ0) is 17.9. The first kappa shape index (κ1) is 18.9. The fraction of sp³-hybridized carbons (Fsp3) is 0.727. The van der Waals surface area contributed by atoms with Gasteiger partial charge in [-0.2, -0.15) is 0 Å². The topological polar surface area (TPSA) is 35.5 Å². The van der Waals surface area contributed by atoms with Crippen molar-refractivity contribution in [3.8, 4) is 0 Å². The maximum Gasteiger partial charge on any atom is 0.0580 e. The first-order chi connectivity index (χ1) is 11.9. The van der Waals surface area contributed by atoms with E-state index in [1.54, 1.807) is 0 Å². The van der Waals surface area contributed by atoms with E-state index in [2.05, 4.69) is 61.3 Å². The van der Waals surface area contributed by atoms with Crippen molar-refractivity contribution in [2.24, 2.45) is 16.7 Å². The molecular weight excluding hydrogens is 308 g/mol. The van der Waals surface area contributed by atoms with Gasteiger partial charge >= 0.3 is 0 Å². The smallest absolute Gasteiger partial charge is 0.0580 e. The zero-order valence-corrected chi connectivity index (χ0v) is 16.3. The molecule has 1 aromatic carbocycles. The number of nitrogens with one attached hydrogen (secondary N) is 1. The number of hydrogen-bond donors (Lipinski definition) is 2. The molecule has 0 bridgehead atoms. The molecule has 0 amide bonds. The molecule has 0 aromatic heterocycles. The van der Waals surface area contributed by atoms with Gasteiger partial charge in [-0.15, -0.1) is 0 Å². The summed E-state index contributed by atoms with van der Waals surface area (Å²) in [5.41, 5.74) is 2.00. The Balaban J connectivity index is 1.58. The quantitative estimate of drug-likeness (QED) is 0.826. The van der Waals surface area contributed by atoms with Gasteiger partial charge < -0.3 is 10.4 Å². The normalized spacial score (nSPS) is 30.9. The summed E-state index contributed by atoms with van der Waals surface area (Å²) in [4.78, 5) is 2.62. The number of likely N-dealkylation sites (tertiary alicyclic amines) is 1. The van der Waals surface area contributed by atoms with Crippen molar-refractivity contribution >= 4 is 0 Å². The molecule has 3 heteroatoms. The standard InChI is InChI=1S/C22H36N2O/c1-21(2,3)22(16-23-14-19-10-7-11-20(19)25)12-13-24(17-22)15-18-8-5-4-6-9-18/h4-6,8-9,19-20,23,25H,7,10-17H2,1-3H3/t19-,20+,22?/m0/s1. The molecule has 1 aliphatic carbocycles. The lowest BCUT2D eigenvalue weighted by atomic mass is 9.66. The Bertz CT molecular complexity index is 539. The first-order valence-corrected chi connectivity index (χ1v) is 10.0. The van der Waals surface area contributed by atoms with Crippen LogP contribution in [-0.4, -0.2) is 42.3 Å². The molecule has 3 nitrogen and oxygen atoms in total. The van der Waals surface area contributed by atoms with Gasteiger partial charge in [-0.05, 0) is 42.7 Å². The van der Waals surface area contributed by atoms with Crippen molar-refractivity contribution in [1.82, 2.24) is 10.2 Å². The summed E-state index contributed by atoms with van der Waals surface area (Å²) in [6, 6.07) is 10.8. The van der Waals surface area contributed by atoms with Gasteiger partial charge in [0.2, 0.25) is 0 Å².